The molecule has 1 aliphatic heterocycles. The van der Waals surface area contributed by atoms with Crippen molar-refractivity contribution in [2.75, 3.05) is 39.8 Å². The van der Waals surface area contributed by atoms with Crippen LogP contribution >= 0.6 is 0 Å². The van der Waals surface area contributed by atoms with Crippen LogP contribution < -0.4 is 10.6 Å². The van der Waals surface area contributed by atoms with Gasteiger partial charge in [-0.15, -0.1) is 0 Å². The molecule has 1 fully saturated rings. The van der Waals surface area contributed by atoms with Gasteiger partial charge >= 0.3 is 6.03 Å². The molecule has 2 rings (SSSR count). The van der Waals surface area contributed by atoms with Crippen molar-refractivity contribution in [2.24, 2.45) is 0 Å². The number of hydrogen-bond donors (Lipinski definition) is 2. The third kappa shape index (κ3) is 6.59. The van der Waals surface area contributed by atoms with Crippen LogP contribution in [0, 0.1) is 6.92 Å². The van der Waals surface area contributed by atoms with E-state index in [1.807, 2.05) is 12.1 Å². The van der Waals surface area contributed by atoms with Gasteiger partial charge in [0.1, 0.15) is 0 Å². The summed E-state index contributed by atoms with van der Waals surface area (Å²) in [5.41, 5.74) is 2.34. The standard InChI is InChI=1S/C18H30N4O/c1-15-5-4-6-17(13-15)14-19-18(23)20-16(2)7-8-22-11-9-21(3)10-12-22/h4-6,13,16H,7-12,14H2,1-3H3,(H2,19,20,23)/t16-/m1/s1. The Morgan fingerprint density at radius 1 is 1.26 bits per heavy atom. The van der Waals surface area contributed by atoms with Crippen molar-refractivity contribution in [3.63, 3.8) is 0 Å². The maximum atomic E-state index is 12.0. The topological polar surface area (TPSA) is 47.6 Å². The zero-order valence-corrected chi connectivity index (χ0v) is 14.6. The second kappa shape index (κ2) is 8.89. The lowest BCUT2D eigenvalue weighted by molar-refractivity contribution is 0.149. The number of hydrogen-bond acceptors (Lipinski definition) is 3. The summed E-state index contributed by atoms with van der Waals surface area (Å²) in [5.74, 6) is 0. The van der Waals surface area contributed by atoms with E-state index in [4.69, 9.17) is 0 Å². The fourth-order valence-corrected chi connectivity index (χ4v) is 2.80. The molecule has 1 aliphatic rings. The molecule has 1 heterocycles. The number of carbonyl (C=O) groups excluding carboxylic acids is 1. The lowest BCUT2D eigenvalue weighted by Gasteiger charge is -2.32. The third-order valence-corrected chi connectivity index (χ3v) is 4.39. The summed E-state index contributed by atoms with van der Waals surface area (Å²) in [6.45, 7) is 10.3. The molecular weight excluding hydrogens is 288 g/mol. The molecule has 23 heavy (non-hydrogen) atoms. The van der Waals surface area contributed by atoms with Crippen LogP contribution in [0.2, 0.25) is 0 Å². The lowest BCUT2D eigenvalue weighted by Crippen LogP contribution is -2.46. The zero-order valence-electron chi connectivity index (χ0n) is 14.6. The quantitative estimate of drug-likeness (QED) is 0.841. The molecule has 128 valence electrons. The van der Waals surface area contributed by atoms with Gasteiger partial charge in [-0.05, 0) is 32.9 Å². The second-order valence-electron chi connectivity index (χ2n) is 6.65. The first-order chi connectivity index (χ1) is 11.0. The Hall–Kier alpha value is -1.59. The molecular formula is C18H30N4O. The number of aryl methyl sites for hydroxylation is 1. The number of rotatable bonds is 6. The molecule has 5 heteroatoms. The van der Waals surface area contributed by atoms with Crippen molar-refractivity contribution in [1.29, 1.82) is 0 Å². The van der Waals surface area contributed by atoms with Gasteiger partial charge in [-0.3, -0.25) is 0 Å². The molecule has 2 amide bonds. The van der Waals surface area contributed by atoms with Crippen molar-refractivity contribution >= 4 is 6.03 Å². The minimum absolute atomic E-state index is 0.0858. The Labute approximate surface area is 140 Å². The van der Waals surface area contributed by atoms with Crippen LogP contribution in [-0.2, 0) is 6.54 Å². The van der Waals surface area contributed by atoms with Gasteiger partial charge < -0.3 is 20.4 Å². The molecule has 1 aromatic carbocycles. The molecule has 0 bridgehead atoms. The highest BCUT2D eigenvalue weighted by Gasteiger charge is 2.15. The predicted molar refractivity (Wildman–Crippen MR) is 94.6 cm³/mol. The zero-order chi connectivity index (χ0) is 16.7. The van der Waals surface area contributed by atoms with Crippen LogP contribution in [0.25, 0.3) is 0 Å². The van der Waals surface area contributed by atoms with E-state index in [1.165, 1.54) is 5.56 Å². The molecule has 1 aromatic rings. The Morgan fingerprint density at radius 2 is 2.00 bits per heavy atom. The molecule has 0 unspecified atom stereocenters. The summed E-state index contributed by atoms with van der Waals surface area (Å²) in [5, 5.41) is 5.96. The number of urea groups is 1. The van der Waals surface area contributed by atoms with Crippen LogP contribution in [0.3, 0.4) is 0 Å². The maximum absolute atomic E-state index is 12.0. The van der Waals surface area contributed by atoms with Crippen molar-refractivity contribution in [1.82, 2.24) is 20.4 Å². The molecule has 0 aliphatic carbocycles. The van der Waals surface area contributed by atoms with Crippen molar-refractivity contribution in [3.8, 4) is 0 Å². The van der Waals surface area contributed by atoms with Gasteiger partial charge in [-0.2, -0.15) is 0 Å². The molecule has 5 nitrogen and oxygen atoms in total. The van der Waals surface area contributed by atoms with Crippen LogP contribution in [-0.4, -0.2) is 61.6 Å². The minimum atomic E-state index is -0.0858. The summed E-state index contributed by atoms with van der Waals surface area (Å²) < 4.78 is 0. The summed E-state index contributed by atoms with van der Waals surface area (Å²) in [7, 11) is 2.17. The number of piperazine rings is 1. The van der Waals surface area contributed by atoms with E-state index in [0.29, 0.717) is 6.54 Å². The van der Waals surface area contributed by atoms with Gasteiger partial charge in [0, 0.05) is 45.3 Å². The van der Waals surface area contributed by atoms with E-state index in [1.54, 1.807) is 0 Å². The monoisotopic (exact) mass is 318 g/mol. The molecule has 2 N–H and O–H groups in total. The van der Waals surface area contributed by atoms with E-state index >= 15 is 0 Å². The first kappa shape index (κ1) is 17.8. The fraction of sp³-hybridized carbons (Fsp3) is 0.611. The average molecular weight is 318 g/mol. The Balaban J connectivity index is 1.62. The Morgan fingerprint density at radius 3 is 2.70 bits per heavy atom. The average Bonchev–Trinajstić information content (AvgIpc) is 2.52. The van der Waals surface area contributed by atoms with Gasteiger partial charge in [0.05, 0.1) is 0 Å². The van der Waals surface area contributed by atoms with E-state index in [9.17, 15) is 4.79 Å². The number of nitrogens with one attached hydrogen (secondary N) is 2. The second-order valence-corrected chi connectivity index (χ2v) is 6.65. The third-order valence-electron chi connectivity index (χ3n) is 4.39. The highest BCUT2D eigenvalue weighted by Crippen LogP contribution is 2.04. The number of carbonyl (C=O) groups is 1. The maximum Gasteiger partial charge on any atom is 0.315 e. The highest BCUT2D eigenvalue weighted by atomic mass is 16.2. The number of nitrogens with zero attached hydrogens (tertiary/aromatic N) is 2. The fourth-order valence-electron chi connectivity index (χ4n) is 2.80. The van der Waals surface area contributed by atoms with Gasteiger partial charge in [-0.1, -0.05) is 29.8 Å². The molecule has 0 saturated carbocycles. The van der Waals surface area contributed by atoms with Crippen LogP contribution in [0.1, 0.15) is 24.5 Å². The van der Waals surface area contributed by atoms with Crippen LogP contribution in [0.4, 0.5) is 4.79 Å². The minimum Gasteiger partial charge on any atom is -0.336 e. The van der Waals surface area contributed by atoms with Crippen molar-refractivity contribution in [2.45, 2.75) is 32.9 Å². The van der Waals surface area contributed by atoms with Gasteiger partial charge in [-0.25, -0.2) is 4.79 Å². The predicted octanol–water partition coefficient (Wildman–Crippen LogP) is 1.82. The first-order valence-electron chi connectivity index (χ1n) is 8.54. The summed E-state index contributed by atoms with van der Waals surface area (Å²) in [6, 6.07) is 8.30. The lowest BCUT2D eigenvalue weighted by atomic mass is 10.1. The SMILES string of the molecule is Cc1cccc(CNC(=O)N[C@H](C)CCN2CCN(C)CC2)c1. The highest BCUT2D eigenvalue weighted by molar-refractivity contribution is 5.74. The summed E-state index contributed by atoms with van der Waals surface area (Å²) >= 11 is 0. The van der Waals surface area contributed by atoms with E-state index < -0.39 is 0 Å². The Bertz CT molecular complexity index is 498. The molecule has 1 atom stereocenters. The normalized spacial score (nSPS) is 17.7. The smallest absolute Gasteiger partial charge is 0.315 e. The van der Waals surface area contributed by atoms with Crippen molar-refractivity contribution < 1.29 is 4.79 Å². The Kier molecular flexibility index (Phi) is 6.86. The van der Waals surface area contributed by atoms with Gasteiger partial charge in [0.15, 0.2) is 0 Å². The molecule has 0 spiro atoms. The van der Waals surface area contributed by atoms with E-state index in [0.717, 1.165) is 44.7 Å². The van der Waals surface area contributed by atoms with Gasteiger partial charge in [0.25, 0.3) is 0 Å². The number of likely N-dealkylation sites (N-methyl/N-ethyl adjacent to an activating group) is 1. The summed E-state index contributed by atoms with van der Waals surface area (Å²) in [6.07, 6.45) is 0.988. The molecule has 0 radical (unpaired) electrons. The van der Waals surface area contributed by atoms with Crippen LogP contribution in [0.5, 0.6) is 0 Å². The number of amides is 2. The molecule has 0 aromatic heterocycles. The molecule has 1 saturated heterocycles. The van der Waals surface area contributed by atoms with Gasteiger partial charge in [0.2, 0.25) is 0 Å². The first-order valence-corrected chi connectivity index (χ1v) is 8.54. The number of benzene rings is 1. The largest absolute Gasteiger partial charge is 0.336 e. The van der Waals surface area contributed by atoms with E-state index in [-0.39, 0.29) is 12.1 Å². The van der Waals surface area contributed by atoms with Crippen LogP contribution in [0.15, 0.2) is 24.3 Å². The van der Waals surface area contributed by atoms with E-state index in [2.05, 4.69) is 53.5 Å². The summed E-state index contributed by atoms with van der Waals surface area (Å²) in [4.78, 5) is 16.8. The van der Waals surface area contributed by atoms with Crippen molar-refractivity contribution in [3.05, 3.63) is 35.4 Å².